The summed E-state index contributed by atoms with van der Waals surface area (Å²) in [4.78, 5) is 29.6. The predicted molar refractivity (Wildman–Crippen MR) is 127 cm³/mol. The van der Waals surface area contributed by atoms with E-state index in [0.717, 1.165) is 22.2 Å². The maximum atomic E-state index is 13.3. The summed E-state index contributed by atoms with van der Waals surface area (Å²) >= 11 is 0. The van der Waals surface area contributed by atoms with Gasteiger partial charge >= 0.3 is 0 Å². The fourth-order valence-corrected chi connectivity index (χ4v) is 4.27. The van der Waals surface area contributed by atoms with Gasteiger partial charge in [0.1, 0.15) is 6.04 Å². The fraction of sp³-hybridized carbons (Fsp3) is 0.320. The Hall–Kier alpha value is -3.81. The van der Waals surface area contributed by atoms with Crippen molar-refractivity contribution in [1.29, 1.82) is 0 Å². The van der Waals surface area contributed by atoms with Gasteiger partial charge in [0.05, 0.1) is 19.7 Å². The Bertz CT molecular complexity index is 1370. The van der Waals surface area contributed by atoms with Crippen LogP contribution in [0.25, 0.3) is 16.6 Å². The number of aryl methyl sites for hydroxylation is 1. The summed E-state index contributed by atoms with van der Waals surface area (Å²) in [6.07, 6.45) is 1.24. The summed E-state index contributed by atoms with van der Waals surface area (Å²) in [5, 5.41) is 3.91. The standard InChI is InChI=1S/C25H28N4O4/c1-5-19(25(31)26-13-12-17-10-11-21(32-3)22(15-17)33-4)29-20-9-7-6-8-18(20)24-27-23(30)14-16(2)28(24)29/h6-11,14-15,19H,5,12-13H2,1-4H3,(H,26,31)/t19-/m0/s1. The number of aromatic nitrogens is 3. The van der Waals surface area contributed by atoms with E-state index in [1.54, 1.807) is 14.2 Å². The lowest BCUT2D eigenvalue weighted by Crippen LogP contribution is -2.35. The average Bonchev–Trinajstić information content (AvgIpc) is 3.14. The molecular weight excluding hydrogens is 420 g/mol. The molecule has 2 aromatic carbocycles. The summed E-state index contributed by atoms with van der Waals surface area (Å²) in [6.45, 7) is 4.31. The van der Waals surface area contributed by atoms with Crippen LogP contribution in [0.3, 0.4) is 0 Å². The van der Waals surface area contributed by atoms with Crippen LogP contribution in [0.2, 0.25) is 0 Å². The lowest BCUT2D eigenvalue weighted by atomic mass is 10.1. The van der Waals surface area contributed by atoms with Gasteiger partial charge in [-0.25, -0.2) is 4.52 Å². The summed E-state index contributed by atoms with van der Waals surface area (Å²) in [6, 6.07) is 14.5. The molecule has 8 heteroatoms. The quantitative estimate of drug-likeness (QED) is 0.447. The topological polar surface area (TPSA) is 86.9 Å². The van der Waals surface area contributed by atoms with Crippen LogP contribution in [-0.4, -0.2) is 40.9 Å². The van der Waals surface area contributed by atoms with E-state index < -0.39 is 6.04 Å². The number of rotatable bonds is 8. The number of methoxy groups -OCH3 is 2. The lowest BCUT2D eigenvalue weighted by Gasteiger charge is -2.20. The van der Waals surface area contributed by atoms with Gasteiger partial charge in [-0.2, -0.15) is 4.98 Å². The van der Waals surface area contributed by atoms with Crippen molar-refractivity contribution in [3.63, 3.8) is 0 Å². The zero-order valence-corrected chi connectivity index (χ0v) is 19.3. The number of hydrogen-bond donors (Lipinski definition) is 1. The molecule has 0 aliphatic heterocycles. The highest BCUT2D eigenvalue weighted by Gasteiger charge is 2.24. The Labute approximate surface area is 191 Å². The number of carbonyl (C=O) groups excluding carboxylic acids is 1. The average molecular weight is 449 g/mol. The van der Waals surface area contributed by atoms with Crippen molar-refractivity contribution in [3.05, 3.63) is 70.1 Å². The van der Waals surface area contributed by atoms with Crippen molar-refractivity contribution in [2.24, 2.45) is 0 Å². The molecule has 1 atom stereocenters. The van der Waals surface area contributed by atoms with E-state index in [9.17, 15) is 9.59 Å². The van der Waals surface area contributed by atoms with Gasteiger partial charge in [-0.15, -0.1) is 0 Å². The second-order valence-corrected chi connectivity index (χ2v) is 7.89. The van der Waals surface area contributed by atoms with Crippen LogP contribution < -0.4 is 20.3 Å². The fourth-order valence-electron chi connectivity index (χ4n) is 4.27. The highest BCUT2D eigenvalue weighted by molar-refractivity contribution is 5.94. The number of hydrogen-bond acceptors (Lipinski definition) is 5. The minimum absolute atomic E-state index is 0.0845. The van der Waals surface area contributed by atoms with Crippen molar-refractivity contribution < 1.29 is 14.3 Å². The van der Waals surface area contributed by atoms with E-state index in [1.165, 1.54) is 6.07 Å². The molecule has 2 heterocycles. The molecule has 0 aliphatic carbocycles. The van der Waals surface area contributed by atoms with Crippen LogP contribution in [0, 0.1) is 6.92 Å². The van der Waals surface area contributed by atoms with E-state index >= 15 is 0 Å². The number of nitrogens with one attached hydrogen (secondary N) is 1. The van der Waals surface area contributed by atoms with Crippen LogP contribution in [0.5, 0.6) is 11.5 Å². The Morgan fingerprint density at radius 2 is 1.85 bits per heavy atom. The van der Waals surface area contributed by atoms with Crippen molar-refractivity contribution >= 4 is 22.5 Å². The number of amides is 1. The Kier molecular flexibility index (Phi) is 6.35. The molecule has 0 spiro atoms. The summed E-state index contributed by atoms with van der Waals surface area (Å²) in [7, 11) is 3.20. The van der Waals surface area contributed by atoms with Crippen LogP contribution in [0.1, 0.15) is 30.6 Å². The summed E-state index contributed by atoms with van der Waals surface area (Å²) in [5.41, 5.74) is 2.91. The lowest BCUT2D eigenvalue weighted by molar-refractivity contribution is -0.124. The third-order valence-electron chi connectivity index (χ3n) is 5.84. The second kappa shape index (κ2) is 9.36. The van der Waals surface area contributed by atoms with Gasteiger partial charge in [0.2, 0.25) is 5.91 Å². The molecule has 8 nitrogen and oxygen atoms in total. The normalized spacial score (nSPS) is 12.1. The molecule has 0 fully saturated rings. The van der Waals surface area contributed by atoms with Gasteiger partial charge in [0.15, 0.2) is 17.1 Å². The molecule has 0 saturated carbocycles. The number of benzene rings is 2. The molecule has 4 rings (SSSR count). The first-order valence-corrected chi connectivity index (χ1v) is 11.0. The Morgan fingerprint density at radius 1 is 1.09 bits per heavy atom. The zero-order valence-electron chi connectivity index (χ0n) is 19.3. The van der Waals surface area contributed by atoms with Gasteiger partial charge in [0, 0.05) is 23.7 Å². The Morgan fingerprint density at radius 3 is 2.58 bits per heavy atom. The molecule has 0 aliphatic rings. The number of ether oxygens (including phenoxy) is 2. The molecule has 0 radical (unpaired) electrons. The monoisotopic (exact) mass is 448 g/mol. The van der Waals surface area contributed by atoms with Gasteiger partial charge in [0.25, 0.3) is 5.56 Å². The highest BCUT2D eigenvalue weighted by Crippen LogP contribution is 2.28. The third kappa shape index (κ3) is 4.16. The molecule has 4 aromatic rings. The van der Waals surface area contributed by atoms with E-state index in [0.29, 0.717) is 36.5 Å². The molecule has 0 bridgehead atoms. The highest BCUT2D eigenvalue weighted by atomic mass is 16.5. The van der Waals surface area contributed by atoms with Crippen molar-refractivity contribution in [3.8, 4) is 11.5 Å². The Balaban J connectivity index is 1.61. The molecular formula is C25H28N4O4. The van der Waals surface area contributed by atoms with Crippen LogP contribution in [-0.2, 0) is 11.2 Å². The maximum absolute atomic E-state index is 13.3. The first kappa shape index (κ1) is 22.4. The van der Waals surface area contributed by atoms with E-state index in [2.05, 4.69) is 10.3 Å². The minimum atomic E-state index is -0.458. The van der Waals surface area contributed by atoms with Gasteiger partial charge in [-0.3, -0.25) is 14.3 Å². The first-order valence-electron chi connectivity index (χ1n) is 11.0. The molecule has 0 saturated heterocycles. The number of para-hydroxylation sites is 1. The number of nitrogens with zero attached hydrogens (tertiary/aromatic N) is 3. The van der Waals surface area contributed by atoms with Crippen molar-refractivity contribution in [2.45, 2.75) is 32.7 Å². The molecule has 2 aromatic heterocycles. The van der Waals surface area contributed by atoms with Crippen molar-refractivity contribution in [1.82, 2.24) is 19.5 Å². The van der Waals surface area contributed by atoms with Gasteiger partial charge < -0.3 is 14.8 Å². The molecule has 172 valence electrons. The van der Waals surface area contributed by atoms with E-state index in [-0.39, 0.29) is 11.5 Å². The largest absolute Gasteiger partial charge is 0.493 e. The van der Waals surface area contributed by atoms with E-state index in [4.69, 9.17) is 9.47 Å². The van der Waals surface area contributed by atoms with Gasteiger partial charge in [-0.1, -0.05) is 25.1 Å². The molecule has 1 amide bonds. The summed E-state index contributed by atoms with van der Waals surface area (Å²) < 4.78 is 14.5. The zero-order chi connectivity index (χ0) is 23.5. The van der Waals surface area contributed by atoms with Gasteiger partial charge in [-0.05, 0) is 49.6 Å². The summed E-state index contributed by atoms with van der Waals surface area (Å²) in [5.74, 6) is 1.25. The number of carbonyl (C=O) groups is 1. The van der Waals surface area contributed by atoms with Crippen LogP contribution in [0.4, 0.5) is 0 Å². The smallest absolute Gasteiger partial charge is 0.273 e. The van der Waals surface area contributed by atoms with E-state index in [1.807, 2.05) is 65.5 Å². The maximum Gasteiger partial charge on any atom is 0.273 e. The molecule has 0 unspecified atom stereocenters. The van der Waals surface area contributed by atoms with Crippen LogP contribution in [0.15, 0.2) is 53.3 Å². The molecule has 33 heavy (non-hydrogen) atoms. The minimum Gasteiger partial charge on any atom is -0.493 e. The first-order chi connectivity index (χ1) is 16.0. The number of fused-ring (bicyclic) bond motifs is 3. The van der Waals surface area contributed by atoms with Crippen LogP contribution >= 0.6 is 0 Å². The third-order valence-corrected chi connectivity index (χ3v) is 5.84. The SMILES string of the molecule is CC[C@@H](C(=O)NCCc1ccc(OC)c(OC)c1)n1c2ccccc2c2nc(=O)cc(C)n21. The predicted octanol–water partition coefficient (Wildman–Crippen LogP) is 3.28. The second-order valence-electron chi connectivity index (χ2n) is 7.89. The molecule has 1 N–H and O–H groups in total. The van der Waals surface area contributed by atoms with Crippen molar-refractivity contribution in [2.75, 3.05) is 20.8 Å².